The summed E-state index contributed by atoms with van der Waals surface area (Å²) in [6.07, 6.45) is 1.60. The van der Waals surface area contributed by atoms with Gasteiger partial charge in [-0.2, -0.15) is 17.4 Å². The van der Waals surface area contributed by atoms with Crippen LogP contribution in [0.2, 0.25) is 0 Å². The van der Waals surface area contributed by atoms with Gasteiger partial charge in [0.1, 0.15) is 0 Å². The second kappa shape index (κ2) is 5.54. The molecule has 0 bridgehead atoms. The van der Waals surface area contributed by atoms with Crippen molar-refractivity contribution >= 4 is 10.2 Å². The zero-order valence-electron chi connectivity index (χ0n) is 8.45. The fraction of sp³-hybridized carbons (Fsp3) is 1.00. The van der Waals surface area contributed by atoms with Crippen molar-refractivity contribution in [2.75, 3.05) is 20.6 Å². The molecule has 1 atom stereocenters. The van der Waals surface area contributed by atoms with E-state index in [1.54, 1.807) is 0 Å². The van der Waals surface area contributed by atoms with Crippen LogP contribution < -0.4 is 10.5 Å². The zero-order valence-corrected chi connectivity index (χ0v) is 9.26. The molecule has 13 heavy (non-hydrogen) atoms. The third-order valence-corrected chi connectivity index (χ3v) is 3.33. The zero-order chi connectivity index (χ0) is 10.5. The molecule has 0 saturated heterocycles. The molecule has 0 aromatic carbocycles. The van der Waals surface area contributed by atoms with Gasteiger partial charge in [-0.15, -0.1) is 0 Å². The van der Waals surface area contributed by atoms with Crippen molar-refractivity contribution < 1.29 is 8.42 Å². The molecule has 0 saturated carbocycles. The van der Waals surface area contributed by atoms with Gasteiger partial charge in [0.25, 0.3) is 10.2 Å². The molecule has 0 aromatic heterocycles. The first kappa shape index (κ1) is 12.8. The molecule has 0 fully saturated rings. The Balaban J connectivity index is 3.98. The Morgan fingerprint density at radius 2 is 2.00 bits per heavy atom. The second-order valence-corrected chi connectivity index (χ2v) is 5.15. The van der Waals surface area contributed by atoms with E-state index in [9.17, 15) is 8.42 Å². The maximum absolute atomic E-state index is 11.3. The monoisotopic (exact) mass is 209 g/mol. The summed E-state index contributed by atoms with van der Waals surface area (Å²) >= 11 is 0. The van der Waals surface area contributed by atoms with Crippen LogP contribution in [-0.4, -0.2) is 39.4 Å². The number of nitrogens with one attached hydrogen (secondary N) is 1. The smallest absolute Gasteiger partial charge is 0.279 e. The number of nitrogens with two attached hydrogens (primary N) is 1. The molecule has 0 rings (SSSR count). The third kappa shape index (κ3) is 5.20. The van der Waals surface area contributed by atoms with Gasteiger partial charge in [0.15, 0.2) is 0 Å². The van der Waals surface area contributed by atoms with E-state index in [1.165, 1.54) is 14.1 Å². The lowest BCUT2D eigenvalue weighted by molar-refractivity contribution is 0.482. The van der Waals surface area contributed by atoms with Gasteiger partial charge in [-0.1, -0.05) is 0 Å². The van der Waals surface area contributed by atoms with Crippen LogP contribution in [0.15, 0.2) is 0 Å². The van der Waals surface area contributed by atoms with Crippen LogP contribution in [0.1, 0.15) is 19.8 Å². The molecule has 5 nitrogen and oxygen atoms in total. The highest BCUT2D eigenvalue weighted by Gasteiger charge is 2.15. The predicted octanol–water partition coefficient (Wildman–Crippen LogP) is -0.490. The van der Waals surface area contributed by atoms with Gasteiger partial charge in [-0.25, -0.2) is 0 Å². The first-order valence-corrected chi connectivity index (χ1v) is 5.74. The Hall–Kier alpha value is -0.170. The van der Waals surface area contributed by atoms with E-state index >= 15 is 0 Å². The summed E-state index contributed by atoms with van der Waals surface area (Å²) in [5.74, 6) is 0. The summed E-state index contributed by atoms with van der Waals surface area (Å²) in [7, 11) is -0.289. The van der Waals surface area contributed by atoms with Crippen molar-refractivity contribution in [3.63, 3.8) is 0 Å². The van der Waals surface area contributed by atoms with E-state index in [4.69, 9.17) is 5.73 Å². The van der Waals surface area contributed by atoms with Gasteiger partial charge >= 0.3 is 0 Å². The molecule has 0 spiro atoms. The number of hydrogen-bond acceptors (Lipinski definition) is 3. The van der Waals surface area contributed by atoms with E-state index in [0.29, 0.717) is 6.54 Å². The van der Waals surface area contributed by atoms with Crippen LogP contribution in [0, 0.1) is 0 Å². The van der Waals surface area contributed by atoms with Crippen LogP contribution in [-0.2, 0) is 10.2 Å². The molecule has 0 aliphatic carbocycles. The molecule has 0 heterocycles. The Kier molecular flexibility index (Phi) is 5.46. The lowest BCUT2D eigenvalue weighted by atomic mass is 10.2. The van der Waals surface area contributed by atoms with Crippen LogP contribution in [0.3, 0.4) is 0 Å². The minimum Gasteiger partial charge on any atom is -0.330 e. The number of hydrogen-bond donors (Lipinski definition) is 2. The minimum absolute atomic E-state index is 0.0593. The average molecular weight is 209 g/mol. The molecule has 6 heteroatoms. The molecule has 0 amide bonds. The van der Waals surface area contributed by atoms with Crippen molar-refractivity contribution in [2.45, 2.75) is 25.8 Å². The lowest BCUT2D eigenvalue weighted by Gasteiger charge is -2.17. The summed E-state index contributed by atoms with van der Waals surface area (Å²) < 4.78 is 26.3. The first-order valence-electron chi connectivity index (χ1n) is 4.30. The number of nitrogens with zero attached hydrogens (tertiary/aromatic N) is 1. The maximum atomic E-state index is 11.3. The van der Waals surface area contributed by atoms with Gasteiger partial charge in [-0.05, 0) is 26.3 Å². The average Bonchev–Trinajstić information content (AvgIpc) is 1.99. The SMILES string of the molecule is CC(CCCN)NS(=O)(=O)N(C)C. The van der Waals surface area contributed by atoms with Gasteiger partial charge in [0.05, 0.1) is 0 Å². The first-order chi connectivity index (χ1) is 5.90. The Bertz CT molecular complexity index is 226. The van der Waals surface area contributed by atoms with Crippen LogP contribution in [0.25, 0.3) is 0 Å². The quantitative estimate of drug-likeness (QED) is 0.620. The fourth-order valence-corrected chi connectivity index (χ4v) is 1.68. The Morgan fingerprint density at radius 1 is 1.46 bits per heavy atom. The summed E-state index contributed by atoms with van der Waals surface area (Å²) in [5, 5.41) is 0. The highest BCUT2D eigenvalue weighted by molar-refractivity contribution is 7.87. The van der Waals surface area contributed by atoms with Crippen molar-refractivity contribution in [1.82, 2.24) is 9.03 Å². The summed E-state index contributed by atoms with van der Waals surface area (Å²) in [5.41, 5.74) is 5.31. The van der Waals surface area contributed by atoms with E-state index in [1.807, 2.05) is 6.92 Å². The molecule has 0 aliphatic heterocycles. The standard InChI is InChI=1S/C7H19N3O2S/c1-7(5-4-6-8)9-13(11,12)10(2)3/h7,9H,4-6,8H2,1-3H3. The summed E-state index contributed by atoms with van der Waals surface area (Å²) in [6.45, 7) is 2.42. The topological polar surface area (TPSA) is 75.4 Å². The summed E-state index contributed by atoms with van der Waals surface area (Å²) in [6, 6.07) is -0.0593. The van der Waals surface area contributed by atoms with Crippen LogP contribution in [0.4, 0.5) is 0 Å². The van der Waals surface area contributed by atoms with Crippen molar-refractivity contribution in [2.24, 2.45) is 5.73 Å². The summed E-state index contributed by atoms with van der Waals surface area (Å²) in [4.78, 5) is 0. The van der Waals surface area contributed by atoms with E-state index in [-0.39, 0.29) is 6.04 Å². The van der Waals surface area contributed by atoms with E-state index in [0.717, 1.165) is 17.1 Å². The normalized spacial score (nSPS) is 14.8. The molecular formula is C7H19N3O2S. The van der Waals surface area contributed by atoms with Gasteiger partial charge in [-0.3, -0.25) is 0 Å². The molecule has 80 valence electrons. The Labute approximate surface area is 80.5 Å². The molecular weight excluding hydrogens is 190 g/mol. The van der Waals surface area contributed by atoms with Gasteiger partial charge in [0.2, 0.25) is 0 Å². The van der Waals surface area contributed by atoms with Crippen LogP contribution in [0.5, 0.6) is 0 Å². The highest BCUT2D eigenvalue weighted by atomic mass is 32.2. The van der Waals surface area contributed by atoms with E-state index < -0.39 is 10.2 Å². The second-order valence-electron chi connectivity index (χ2n) is 3.24. The molecule has 1 unspecified atom stereocenters. The van der Waals surface area contributed by atoms with Gasteiger partial charge in [0, 0.05) is 20.1 Å². The van der Waals surface area contributed by atoms with Gasteiger partial charge < -0.3 is 5.73 Å². The lowest BCUT2D eigenvalue weighted by Crippen LogP contribution is -2.40. The molecule has 0 radical (unpaired) electrons. The van der Waals surface area contributed by atoms with E-state index in [2.05, 4.69) is 4.72 Å². The van der Waals surface area contributed by atoms with Crippen molar-refractivity contribution in [3.05, 3.63) is 0 Å². The number of rotatable bonds is 6. The highest BCUT2D eigenvalue weighted by Crippen LogP contribution is 1.98. The maximum Gasteiger partial charge on any atom is 0.279 e. The predicted molar refractivity (Wildman–Crippen MR) is 53.5 cm³/mol. The van der Waals surface area contributed by atoms with Crippen LogP contribution >= 0.6 is 0 Å². The Morgan fingerprint density at radius 3 is 2.38 bits per heavy atom. The van der Waals surface area contributed by atoms with Crippen molar-refractivity contribution in [3.8, 4) is 0 Å². The van der Waals surface area contributed by atoms with Crippen molar-refractivity contribution in [1.29, 1.82) is 0 Å². The minimum atomic E-state index is -3.29. The molecule has 0 aliphatic rings. The largest absolute Gasteiger partial charge is 0.330 e. The molecule has 0 aromatic rings. The third-order valence-electron chi connectivity index (χ3n) is 1.67. The molecule has 3 N–H and O–H groups in total. The fourth-order valence-electron chi connectivity index (χ4n) is 0.843.